The smallest absolute Gasteiger partial charge is 0.243 e. The lowest BCUT2D eigenvalue weighted by Crippen LogP contribution is -2.52. The molecule has 0 saturated heterocycles. The molecule has 0 radical (unpaired) electrons. The van der Waals surface area contributed by atoms with E-state index in [4.69, 9.17) is 11.6 Å². The first-order valence-corrected chi connectivity index (χ1v) is 16.5. The fourth-order valence-corrected chi connectivity index (χ4v) is 6.86. The van der Waals surface area contributed by atoms with Crippen LogP contribution in [0.25, 0.3) is 0 Å². The van der Waals surface area contributed by atoms with Gasteiger partial charge in [-0.05, 0) is 54.7 Å². The molecule has 4 rings (SSSR count). The van der Waals surface area contributed by atoms with E-state index in [0.717, 1.165) is 36.8 Å². The maximum Gasteiger partial charge on any atom is 0.243 e. The van der Waals surface area contributed by atoms with Gasteiger partial charge in [0.2, 0.25) is 21.8 Å². The summed E-state index contributed by atoms with van der Waals surface area (Å²) in [6.07, 6.45) is 5.99. The van der Waals surface area contributed by atoms with Gasteiger partial charge in [-0.2, -0.15) is 0 Å². The Balaban J connectivity index is 1.54. The lowest BCUT2D eigenvalue weighted by atomic mass is 9.94. The number of nitrogens with zero attached hydrogens (tertiary/aromatic N) is 2. The molecule has 1 N–H and O–H groups in total. The van der Waals surface area contributed by atoms with Crippen LogP contribution in [0.15, 0.2) is 89.8 Å². The molecule has 0 aliphatic heterocycles. The number of halogens is 1. The van der Waals surface area contributed by atoms with Crippen LogP contribution in [0.3, 0.4) is 0 Å². The predicted molar refractivity (Wildman–Crippen MR) is 166 cm³/mol. The van der Waals surface area contributed by atoms with Crippen LogP contribution < -0.4 is 5.32 Å². The Morgan fingerprint density at radius 2 is 1.55 bits per heavy atom. The fourth-order valence-electron chi connectivity index (χ4n) is 5.42. The van der Waals surface area contributed by atoms with E-state index in [2.05, 4.69) is 5.32 Å². The molecule has 1 aliphatic carbocycles. The summed E-state index contributed by atoms with van der Waals surface area (Å²) in [5.41, 5.74) is 1.78. The minimum atomic E-state index is -3.67. The number of amides is 2. The van der Waals surface area contributed by atoms with Gasteiger partial charge in [-0.1, -0.05) is 91.5 Å². The SMILES string of the molecule is CN(CCCC(=O)N(Cc1cccc(Cl)c1)C(Cc1ccccc1)C(=O)NC1CCCCC1)S(=O)(=O)c1ccccc1. The van der Waals surface area contributed by atoms with Crippen LogP contribution in [-0.2, 0) is 32.6 Å². The highest BCUT2D eigenvalue weighted by atomic mass is 35.5. The van der Waals surface area contributed by atoms with Crippen LogP contribution in [0, 0.1) is 0 Å². The highest BCUT2D eigenvalue weighted by molar-refractivity contribution is 7.89. The molecule has 0 bridgehead atoms. The van der Waals surface area contributed by atoms with E-state index in [1.807, 2.05) is 42.5 Å². The minimum absolute atomic E-state index is 0.0945. The molecular weight excluding hydrogens is 570 g/mol. The normalized spacial score (nSPS) is 14.8. The van der Waals surface area contributed by atoms with Crippen molar-refractivity contribution < 1.29 is 18.0 Å². The lowest BCUT2D eigenvalue weighted by molar-refractivity contribution is -0.141. The number of sulfonamides is 1. The van der Waals surface area contributed by atoms with E-state index in [1.165, 1.54) is 17.8 Å². The minimum Gasteiger partial charge on any atom is -0.352 e. The topological polar surface area (TPSA) is 86.8 Å². The first-order chi connectivity index (χ1) is 20.2. The monoisotopic (exact) mass is 609 g/mol. The van der Waals surface area contributed by atoms with Gasteiger partial charge in [-0.25, -0.2) is 12.7 Å². The first kappa shape index (κ1) is 31.7. The van der Waals surface area contributed by atoms with Gasteiger partial charge in [-0.15, -0.1) is 0 Å². The Morgan fingerprint density at radius 1 is 0.905 bits per heavy atom. The van der Waals surface area contributed by atoms with Crippen LogP contribution in [0.2, 0.25) is 5.02 Å². The van der Waals surface area contributed by atoms with Gasteiger partial charge in [-0.3, -0.25) is 9.59 Å². The molecule has 1 unspecified atom stereocenters. The van der Waals surface area contributed by atoms with Crippen molar-refractivity contribution in [3.8, 4) is 0 Å². The maximum absolute atomic E-state index is 13.9. The predicted octanol–water partition coefficient (Wildman–Crippen LogP) is 5.83. The molecule has 0 aromatic heterocycles. The number of benzene rings is 3. The third-order valence-electron chi connectivity index (χ3n) is 7.78. The number of carbonyl (C=O) groups excluding carboxylic acids is 2. The summed E-state index contributed by atoms with van der Waals surface area (Å²) in [4.78, 5) is 29.6. The van der Waals surface area contributed by atoms with E-state index in [9.17, 15) is 18.0 Å². The first-order valence-electron chi connectivity index (χ1n) is 14.6. The summed E-state index contributed by atoms with van der Waals surface area (Å²) in [5, 5.41) is 3.79. The second-order valence-electron chi connectivity index (χ2n) is 10.9. The Labute approximate surface area is 254 Å². The third kappa shape index (κ3) is 8.90. The third-order valence-corrected chi connectivity index (χ3v) is 9.89. The molecule has 42 heavy (non-hydrogen) atoms. The van der Waals surface area contributed by atoms with Gasteiger partial charge in [0.15, 0.2) is 0 Å². The van der Waals surface area contributed by atoms with Crippen molar-refractivity contribution in [2.75, 3.05) is 13.6 Å². The van der Waals surface area contributed by atoms with Gasteiger partial charge in [0, 0.05) is 44.0 Å². The van der Waals surface area contributed by atoms with Crippen molar-refractivity contribution >= 4 is 33.4 Å². The van der Waals surface area contributed by atoms with E-state index in [1.54, 1.807) is 47.4 Å². The fraction of sp³-hybridized carbons (Fsp3) is 0.394. The van der Waals surface area contributed by atoms with Crippen molar-refractivity contribution in [1.29, 1.82) is 0 Å². The van der Waals surface area contributed by atoms with E-state index >= 15 is 0 Å². The van der Waals surface area contributed by atoms with Crippen molar-refractivity contribution in [1.82, 2.24) is 14.5 Å². The van der Waals surface area contributed by atoms with Crippen molar-refractivity contribution in [3.05, 3.63) is 101 Å². The van der Waals surface area contributed by atoms with Crippen molar-refractivity contribution in [2.45, 2.75) is 74.9 Å². The lowest BCUT2D eigenvalue weighted by Gasteiger charge is -2.33. The number of nitrogens with one attached hydrogen (secondary N) is 1. The van der Waals surface area contributed by atoms with Crippen LogP contribution in [-0.4, -0.2) is 55.1 Å². The molecule has 1 aliphatic rings. The highest BCUT2D eigenvalue weighted by Crippen LogP contribution is 2.22. The average molecular weight is 610 g/mol. The van der Waals surface area contributed by atoms with Gasteiger partial charge in [0.05, 0.1) is 4.90 Å². The van der Waals surface area contributed by atoms with E-state index < -0.39 is 16.1 Å². The van der Waals surface area contributed by atoms with Crippen molar-refractivity contribution in [2.24, 2.45) is 0 Å². The van der Waals surface area contributed by atoms with Gasteiger partial charge >= 0.3 is 0 Å². The quantitative estimate of drug-likeness (QED) is 0.264. The average Bonchev–Trinajstić information content (AvgIpc) is 3.00. The summed E-state index contributed by atoms with van der Waals surface area (Å²) >= 11 is 6.28. The Hall–Kier alpha value is -3.20. The summed E-state index contributed by atoms with van der Waals surface area (Å²) < 4.78 is 27.2. The molecule has 1 atom stereocenters. The molecule has 1 saturated carbocycles. The largest absolute Gasteiger partial charge is 0.352 e. The van der Waals surface area contributed by atoms with Gasteiger partial charge in [0.1, 0.15) is 6.04 Å². The second kappa shape index (κ2) is 15.3. The summed E-state index contributed by atoms with van der Waals surface area (Å²) in [7, 11) is -2.15. The van der Waals surface area contributed by atoms with E-state index in [-0.39, 0.29) is 42.3 Å². The summed E-state index contributed by atoms with van der Waals surface area (Å²) in [5.74, 6) is -0.370. The Kier molecular flexibility index (Phi) is 11.6. The summed E-state index contributed by atoms with van der Waals surface area (Å²) in [6.45, 7) is 0.388. The van der Waals surface area contributed by atoms with Crippen molar-refractivity contribution in [3.63, 3.8) is 0 Å². The molecule has 1 fully saturated rings. The van der Waals surface area contributed by atoms with E-state index in [0.29, 0.717) is 17.9 Å². The summed E-state index contributed by atoms with van der Waals surface area (Å²) in [6, 6.07) is 24.6. The zero-order valence-electron chi connectivity index (χ0n) is 24.1. The molecule has 2 amide bonds. The molecule has 0 heterocycles. The standard InChI is InChI=1S/C33H40ClN3O4S/c1-36(42(40,41)30-19-9-4-10-20-30)22-12-21-32(38)37(25-27-15-11-16-28(34)23-27)31(24-26-13-5-2-6-14-26)33(39)35-29-17-7-3-8-18-29/h2,4-6,9-11,13-16,19-20,23,29,31H,3,7-8,12,17-18,21-22,24-25H2,1H3,(H,35,39). The molecule has 9 heteroatoms. The zero-order valence-corrected chi connectivity index (χ0v) is 25.7. The molecule has 3 aromatic rings. The zero-order chi connectivity index (χ0) is 30.0. The van der Waals surface area contributed by atoms with Gasteiger partial charge in [0.25, 0.3) is 0 Å². The van der Waals surface area contributed by atoms with Gasteiger partial charge < -0.3 is 10.2 Å². The number of hydrogen-bond donors (Lipinski definition) is 1. The van der Waals surface area contributed by atoms with Crippen LogP contribution >= 0.6 is 11.6 Å². The Morgan fingerprint density at radius 3 is 2.21 bits per heavy atom. The highest BCUT2D eigenvalue weighted by Gasteiger charge is 2.32. The van der Waals surface area contributed by atoms with Crippen LogP contribution in [0.4, 0.5) is 0 Å². The molecule has 3 aromatic carbocycles. The Bertz CT molecular complexity index is 1410. The number of carbonyl (C=O) groups is 2. The number of hydrogen-bond acceptors (Lipinski definition) is 4. The number of rotatable bonds is 13. The maximum atomic E-state index is 13.9. The van der Waals surface area contributed by atoms with Crippen LogP contribution in [0.5, 0.6) is 0 Å². The molecule has 224 valence electrons. The molecule has 0 spiro atoms. The molecular formula is C33H40ClN3O4S. The second-order valence-corrected chi connectivity index (χ2v) is 13.4. The molecule has 7 nitrogen and oxygen atoms in total. The van der Waals surface area contributed by atoms with Crippen LogP contribution in [0.1, 0.15) is 56.1 Å².